The van der Waals surface area contributed by atoms with Gasteiger partial charge in [0.2, 0.25) is 5.91 Å². The Labute approximate surface area is 110 Å². The third kappa shape index (κ3) is 2.29. The highest BCUT2D eigenvalue weighted by Crippen LogP contribution is 2.41. The molecule has 0 bridgehead atoms. The van der Waals surface area contributed by atoms with Gasteiger partial charge in [-0.2, -0.15) is 0 Å². The smallest absolute Gasteiger partial charge is 0.230 e. The van der Waals surface area contributed by atoms with Crippen LogP contribution in [0.25, 0.3) is 0 Å². The number of nitrogens with zero attached hydrogens (tertiary/aromatic N) is 1. The first-order valence-corrected chi connectivity index (χ1v) is 6.94. The molecule has 0 aromatic heterocycles. The van der Waals surface area contributed by atoms with Gasteiger partial charge in [0.1, 0.15) is 0 Å². The van der Waals surface area contributed by atoms with Gasteiger partial charge in [0.25, 0.3) is 0 Å². The first-order chi connectivity index (χ1) is 8.58. The van der Waals surface area contributed by atoms with Crippen LogP contribution in [-0.2, 0) is 4.79 Å². The lowest BCUT2D eigenvalue weighted by molar-refractivity contribution is -0.163. The van der Waals surface area contributed by atoms with E-state index in [1.54, 1.807) is 0 Å². The van der Waals surface area contributed by atoms with Crippen molar-refractivity contribution in [2.45, 2.75) is 46.1 Å². The second-order valence-electron chi connectivity index (χ2n) is 5.68. The molecule has 0 saturated carbocycles. The summed E-state index contributed by atoms with van der Waals surface area (Å²) < 4.78 is 0. The summed E-state index contributed by atoms with van der Waals surface area (Å²) in [6.45, 7) is 7.31. The van der Waals surface area contributed by atoms with E-state index in [0.717, 1.165) is 25.8 Å². The van der Waals surface area contributed by atoms with Crippen LogP contribution in [0.1, 0.15) is 51.6 Å². The summed E-state index contributed by atoms with van der Waals surface area (Å²) in [7, 11) is 0. The Kier molecular flexibility index (Phi) is 3.74. The summed E-state index contributed by atoms with van der Waals surface area (Å²) in [5.74, 6) is 0.326. The van der Waals surface area contributed by atoms with E-state index in [9.17, 15) is 4.79 Å². The molecule has 0 unspecified atom stereocenters. The molecule has 1 saturated heterocycles. The maximum atomic E-state index is 12.3. The molecule has 2 atom stereocenters. The maximum absolute atomic E-state index is 12.3. The van der Waals surface area contributed by atoms with E-state index in [0.29, 0.717) is 5.91 Å². The SMILES string of the molecule is CCCC[C@@]1(C)CN([C@@H](C)c2ccccc2)C1=O. The lowest BCUT2D eigenvalue weighted by Crippen LogP contribution is -2.60. The van der Waals surface area contributed by atoms with Crippen molar-refractivity contribution in [3.63, 3.8) is 0 Å². The molecule has 1 aliphatic heterocycles. The van der Waals surface area contributed by atoms with Crippen molar-refractivity contribution < 1.29 is 4.79 Å². The molecular formula is C16H23NO. The molecule has 2 nitrogen and oxygen atoms in total. The van der Waals surface area contributed by atoms with Crippen LogP contribution in [0.5, 0.6) is 0 Å². The number of carbonyl (C=O) groups excluding carboxylic acids is 1. The molecule has 1 fully saturated rings. The Balaban J connectivity index is 2.00. The number of carbonyl (C=O) groups is 1. The number of rotatable bonds is 5. The maximum Gasteiger partial charge on any atom is 0.230 e. The Morgan fingerprint density at radius 2 is 2.00 bits per heavy atom. The summed E-state index contributed by atoms with van der Waals surface area (Å²) in [4.78, 5) is 14.3. The van der Waals surface area contributed by atoms with E-state index >= 15 is 0 Å². The predicted molar refractivity (Wildman–Crippen MR) is 74.2 cm³/mol. The minimum absolute atomic E-state index is 0.0982. The Morgan fingerprint density at radius 1 is 1.33 bits per heavy atom. The Bertz CT molecular complexity index is 414. The third-order valence-electron chi connectivity index (χ3n) is 4.13. The van der Waals surface area contributed by atoms with Crippen LogP contribution >= 0.6 is 0 Å². The molecule has 18 heavy (non-hydrogen) atoms. The van der Waals surface area contributed by atoms with E-state index in [1.807, 2.05) is 23.1 Å². The van der Waals surface area contributed by atoms with Crippen LogP contribution in [-0.4, -0.2) is 17.4 Å². The quantitative estimate of drug-likeness (QED) is 0.723. The predicted octanol–water partition coefficient (Wildman–Crippen LogP) is 3.79. The van der Waals surface area contributed by atoms with Crippen molar-refractivity contribution in [1.29, 1.82) is 0 Å². The van der Waals surface area contributed by atoms with Crippen molar-refractivity contribution in [2.24, 2.45) is 5.41 Å². The highest BCUT2D eigenvalue weighted by Gasteiger charge is 2.49. The van der Waals surface area contributed by atoms with E-state index < -0.39 is 0 Å². The number of β-lactam (4-membered cyclic amide) rings is 1. The molecule has 1 heterocycles. The molecule has 0 N–H and O–H groups in total. The zero-order valence-electron chi connectivity index (χ0n) is 11.6. The van der Waals surface area contributed by atoms with Gasteiger partial charge in [-0.25, -0.2) is 0 Å². The van der Waals surface area contributed by atoms with E-state index in [2.05, 4.69) is 32.9 Å². The highest BCUT2D eigenvalue weighted by molar-refractivity contribution is 5.88. The number of hydrogen-bond acceptors (Lipinski definition) is 1. The van der Waals surface area contributed by atoms with Gasteiger partial charge in [0.15, 0.2) is 0 Å². The molecule has 2 rings (SSSR count). The summed E-state index contributed by atoms with van der Waals surface area (Å²) in [5.41, 5.74) is 1.13. The largest absolute Gasteiger partial charge is 0.334 e. The van der Waals surface area contributed by atoms with Gasteiger partial charge >= 0.3 is 0 Å². The van der Waals surface area contributed by atoms with Crippen molar-refractivity contribution in [1.82, 2.24) is 4.90 Å². The minimum atomic E-state index is -0.0982. The minimum Gasteiger partial charge on any atom is -0.334 e. The third-order valence-corrected chi connectivity index (χ3v) is 4.13. The second-order valence-corrected chi connectivity index (χ2v) is 5.68. The van der Waals surface area contributed by atoms with Gasteiger partial charge in [0.05, 0.1) is 11.5 Å². The average molecular weight is 245 g/mol. The molecule has 0 radical (unpaired) electrons. The fraction of sp³-hybridized carbons (Fsp3) is 0.562. The molecule has 0 spiro atoms. The summed E-state index contributed by atoms with van der Waals surface area (Å²) in [5, 5.41) is 0. The zero-order chi connectivity index (χ0) is 13.2. The summed E-state index contributed by atoms with van der Waals surface area (Å²) in [6, 6.07) is 10.5. The number of unbranched alkanes of at least 4 members (excludes halogenated alkanes) is 1. The Morgan fingerprint density at radius 3 is 2.56 bits per heavy atom. The number of likely N-dealkylation sites (tertiary alicyclic amines) is 1. The fourth-order valence-corrected chi connectivity index (χ4v) is 2.75. The fourth-order valence-electron chi connectivity index (χ4n) is 2.75. The first kappa shape index (κ1) is 13.1. The molecule has 1 aromatic carbocycles. The molecule has 0 aliphatic carbocycles. The van der Waals surface area contributed by atoms with Crippen LogP contribution in [0.3, 0.4) is 0 Å². The van der Waals surface area contributed by atoms with Gasteiger partial charge < -0.3 is 4.90 Å². The van der Waals surface area contributed by atoms with Crippen molar-refractivity contribution in [3.05, 3.63) is 35.9 Å². The second kappa shape index (κ2) is 5.13. The van der Waals surface area contributed by atoms with Crippen molar-refractivity contribution in [2.75, 3.05) is 6.54 Å². The summed E-state index contributed by atoms with van der Waals surface area (Å²) >= 11 is 0. The number of benzene rings is 1. The number of hydrogen-bond donors (Lipinski definition) is 0. The monoisotopic (exact) mass is 245 g/mol. The first-order valence-electron chi connectivity index (χ1n) is 6.94. The molecule has 1 aliphatic rings. The number of amides is 1. The van der Waals surface area contributed by atoms with Crippen LogP contribution in [0.4, 0.5) is 0 Å². The molecule has 98 valence electrons. The van der Waals surface area contributed by atoms with Crippen LogP contribution < -0.4 is 0 Å². The lowest BCUT2D eigenvalue weighted by atomic mass is 9.75. The van der Waals surface area contributed by atoms with Crippen LogP contribution in [0, 0.1) is 5.41 Å². The molecule has 2 heteroatoms. The van der Waals surface area contributed by atoms with Gasteiger partial charge in [-0.1, -0.05) is 50.1 Å². The summed E-state index contributed by atoms with van der Waals surface area (Å²) in [6.07, 6.45) is 3.34. The van der Waals surface area contributed by atoms with E-state index in [-0.39, 0.29) is 11.5 Å². The van der Waals surface area contributed by atoms with Gasteiger partial charge in [-0.15, -0.1) is 0 Å². The normalized spacial score (nSPS) is 24.8. The van der Waals surface area contributed by atoms with Gasteiger partial charge in [-0.05, 0) is 25.8 Å². The molecule has 1 aromatic rings. The average Bonchev–Trinajstić information content (AvgIpc) is 2.42. The lowest BCUT2D eigenvalue weighted by Gasteiger charge is -2.50. The van der Waals surface area contributed by atoms with E-state index in [1.165, 1.54) is 5.56 Å². The topological polar surface area (TPSA) is 20.3 Å². The molecular weight excluding hydrogens is 222 g/mol. The van der Waals surface area contributed by atoms with Crippen LogP contribution in [0.2, 0.25) is 0 Å². The highest BCUT2D eigenvalue weighted by atomic mass is 16.2. The van der Waals surface area contributed by atoms with Gasteiger partial charge in [-0.3, -0.25) is 4.79 Å². The van der Waals surface area contributed by atoms with Crippen LogP contribution in [0.15, 0.2) is 30.3 Å². The Hall–Kier alpha value is -1.31. The van der Waals surface area contributed by atoms with Crippen molar-refractivity contribution >= 4 is 5.91 Å². The van der Waals surface area contributed by atoms with Gasteiger partial charge in [0, 0.05) is 6.54 Å². The molecule has 1 amide bonds. The van der Waals surface area contributed by atoms with E-state index in [4.69, 9.17) is 0 Å². The standard InChI is InChI=1S/C16H23NO/c1-4-5-11-16(3)12-17(15(16)18)13(2)14-9-7-6-8-10-14/h6-10,13H,4-5,11-12H2,1-3H3/t13-,16-/m0/s1. The zero-order valence-corrected chi connectivity index (χ0v) is 11.6. The van der Waals surface area contributed by atoms with Crippen molar-refractivity contribution in [3.8, 4) is 0 Å².